The highest BCUT2D eigenvalue weighted by Gasteiger charge is 2.33. The van der Waals surface area contributed by atoms with Crippen molar-refractivity contribution in [3.05, 3.63) is 58.7 Å². The van der Waals surface area contributed by atoms with Gasteiger partial charge < -0.3 is 14.8 Å². The Bertz CT molecular complexity index is 1030. The lowest BCUT2D eigenvalue weighted by Crippen LogP contribution is -2.37. The van der Waals surface area contributed by atoms with E-state index in [0.717, 1.165) is 18.2 Å². The lowest BCUT2D eigenvalue weighted by atomic mass is 9.95. The minimum Gasteiger partial charge on any atom is -0.399 e. The van der Waals surface area contributed by atoms with E-state index in [1.54, 1.807) is 6.92 Å². The minimum atomic E-state index is -0.709. The number of benzene rings is 2. The van der Waals surface area contributed by atoms with Gasteiger partial charge in [0.2, 0.25) is 0 Å². The number of amides is 1. The van der Waals surface area contributed by atoms with Crippen LogP contribution in [0.5, 0.6) is 0 Å². The second kappa shape index (κ2) is 8.37. The van der Waals surface area contributed by atoms with Crippen LogP contribution < -0.4 is 0 Å². The van der Waals surface area contributed by atoms with E-state index >= 15 is 0 Å². The Morgan fingerprint density at radius 1 is 1.34 bits per heavy atom. The van der Waals surface area contributed by atoms with Crippen molar-refractivity contribution in [1.29, 1.82) is 5.26 Å². The number of rotatable bonds is 4. The number of hydrogen-bond acceptors (Lipinski definition) is 5. The Hall–Kier alpha value is -3.31. The van der Waals surface area contributed by atoms with Crippen LogP contribution in [-0.4, -0.2) is 47.9 Å². The fraction of sp³-hybridized carbons (Fsp3) is 0.286. The van der Waals surface area contributed by atoms with Crippen LogP contribution in [-0.2, 0) is 4.84 Å². The normalized spacial score (nSPS) is 17.4. The first kappa shape index (κ1) is 20.4. The number of aliphatic hydroxyl groups is 1. The van der Waals surface area contributed by atoms with Crippen LogP contribution >= 0.6 is 0 Å². The van der Waals surface area contributed by atoms with Crippen LogP contribution in [0.15, 0.2) is 35.5 Å². The molecule has 0 spiro atoms. The summed E-state index contributed by atoms with van der Waals surface area (Å²) in [5.74, 6) is -1.81. The van der Waals surface area contributed by atoms with Gasteiger partial charge in [0.15, 0.2) is 0 Å². The Balaban J connectivity index is 1.95. The van der Waals surface area contributed by atoms with E-state index in [2.05, 4.69) is 5.16 Å². The lowest BCUT2D eigenvalue weighted by Gasteiger charge is -2.22. The number of aliphatic hydroxyl groups excluding tert-OH is 1. The van der Waals surface area contributed by atoms with Crippen LogP contribution in [0.4, 0.5) is 8.78 Å². The topological polar surface area (TPSA) is 85.9 Å². The monoisotopic (exact) mass is 399 g/mol. The van der Waals surface area contributed by atoms with E-state index in [1.165, 1.54) is 24.1 Å². The van der Waals surface area contributed by atoms with Crippen molar-refractivity contribution >= 4 is 11.6 Å². The van der Waals surface area contributed by atoms with Crippen LogP contribution in [0.2, 0.25) is 0 Å². The molecule has 0 aromatic heterocycles. The molecular formula is C21H19F2N3O3. The predicted molar refractivity (Wildman–Crippen MR) is 102 cm³/mol. The number of nitriles is 1. The Morgan fingerprint density at radius 2 is 2.10 bits per heavy atom. The molecule has 0 unspecified atom stereocenters. The molecule has 1 atom stereocenters. The smallest absolute Gasteiger partial charge is 0.254 e. The zero-order chi connectivity index (χ0) is 21.1. The molecule has 1 saturated heterocycles. The number of halogens is 2. The largest absolute Gasteiger partial charge is 0.399 e. The number of likely N-dealkylation sites (tertiary alicyclic amines) is 1. The van der Waals surface area contributed by atoms with Crippen LogP contribution in [0.1, 0.15) is 27.9 Å². The van der Waals surface area contributed by atoms with Gasteiger partial charge in [0, 0.05) is 17.5 Å². The summed E-state index contributed by atoms with van der Waals surface area (Å²) in [5.41, 5.74) is 1.62. The molecule has 0 saturated carbocycles. The third kappa shape index (κ3) is 3.96. The fourth-order valence-corrected chi connectivity index (χ4v) is 3.48. The SMILES string of the molecule is CO/N=C1/C[C@@H](CO)N(C(=O)c2ccc(-c3cc(F)cc(C#N)c3C)c(F)c2)C1. The minimum absolute atomic E-state index is 0.0943. The summed E-state index contributed by atoms with van der Waals surface area (Å²) in [4.78, 5) is 19.0. The first-order valence-electron chi connectivity index (χ1n) is 8.90. The van der Waals surface area contributed by atoms with E-state index in [-0.39, 0.29) is 35.4 Å². The molecule has 0 radical (unpaired) electrons. The maximum atomic E-state index is 14.8. The number of hydrogen-bond donors (Lipinski definition) is 1. The van der Waals surface area contributed by atoms with Gasteiger partial charge in [-0.05, 0) is 42.3 Å². The van der Waals surface area contributed by atoms with Crippen molar-refractivity contribution in [3.63, 3.8) is 0 Å². The highest BCUT2D eigenvalue weighted by atomic mass is 19.1. The van der Waals surface area contributed by atoms with Crippen LogP contribution in [0.3, 0.4) is 0 Å². The lowest BCUT2D eigenvalue weighted by molar-refractivity contribution is 0.0679. The number of nitrogens with zero attached hydrogens (tertiary/aromatic N) is 3. The number of carbonyl (C=O) groups is 1. The molecule has 6 nitrogen and oxygen atoms in total. The van der Waals surface area contributed by atoms with Crippen LogP contribution in [0.25, 0.3) is 11.1 Å². The van der Waals surface area contributed by atoms with Crippen LogP contribution in [0, 0.1) is 29.9 Å². The second-order valence-electron chi connectivity index (χ2n) is 6.75. The van der Waals surface area contributed by atoms with Gasteiger partial charge >= 0.3 is 0 Å². The van der Waals surface area contributed by atoms with Gasteiger partial charge in [-0.1, -0.05) is 11.2 Å². The third-order valence-electron chi connectivity index (χ3n) is 4.96. The van der Waals surface area contributed by atoms with E-state index < -0.39 is 23.6 Å². The Labute approximate surface area is 166 Å². The standard InChI is InChI=1S/C21H19F2N3O3/c1-12-14(9-24)5-15(22)7-19(12)18-4-3-13(6-20(18)23)21(28)26-10-16(25-29-2)8-17(26)11-27/h3-7,17,27H,8,10-11H2,1-2H3/b25-16-/t17-/m0/s1. The molecule has 1 N–H and O–H groups in total. The van der Waals surface area contributed by atoms with Crippen molar-refractivity contribution in [1.82, 2.24) is 4.90 Å². The molecule has 29 heavy (non-hydrogen) atoms. The summed E-state index contributed by atoms with van der Waals surface area (Å²) in [6.45, 7) is 1.53. The average Bonchev–Trinajstić information content (AvgIpc) is 3.12. The molecule has 0 bridgehead atoms. The molecule has 1 amide bonds. The van der Waals surface area contributed by atoms with Gasteiger partial charge in [0.25, 0.3) is 5.91 Å². The molecule has 3 rings (SSSR count). The molecule has 0 aliphatic carbocycles. The Kier molecular flexibility index (Phi) is 5.89. The first-order chi connectivity index (χ1) is 13.9. The first-order valence-corrected chi connectivity index (χ1v) is 8.90. The zero-order valence-electron chi connectivity index (χ0n) is 15.9. The summed E-state index contributed by atoms with van der Waals surface area (Å²) in [7, 11) is 1.39. The van der Waals surface area contributed by atoms with Gasteiger partial charge in [-0.3, -0.25) is 4.79 Å². The Morgan fingerprint density at radius 3 is 2.72 bits per heavy atom. The second-order valence-corrected chi connectivity index (χ2v) is 6.75. The average molecular weight is 399 g/mol. The third-order valence-corrected chi connectivity index (χ3v) is 4.96. The van der Waals surface area contributed by atoms with Crippen molar-refractivity contribution in [2.75, 3.05) is 20.3 Å². The predicted octanol–water partition coefficient (Wildman–Crippen LogP) is 3.02. The maximum absolute atomic E-state index is 14.8. The fourth-order valence-electron chi connectivity index (χ4n) is 3.48. The molecule has 2 aromatic carbocycles. The molecule has 8 heteroatoms. The molecule has 1 fully saturated rings. The quantitative estimate of drug-likeness (QED) is 0.801. The summed E-state index contributed by atoms with van der Waals surface area (Å²) >= 11 is 0. The summed E-state index contributed by atoms with van der Waals surface area (Å²) < 4.78 is 28.7. The molecule has 1 aliphatic heterocycles. The van der Waals surface area contributed by atoms with Crippen molar-refractivity contribution in [2.45, 2.75) is 19.4 Å². The van der Waals surface area contributed by atoms with E-state index in [1.807, 2.05) is 6.07 Å². The van der Waals surface area contributed by atoms with Crippen molar-refractivity contribution in [3.8, 4) is 17.2 Å². The van der Waals surface area contributed by atoms with E-state index in [9.17, 15) is 18.7 Å². The summed E-state index contributed by atoms with van der Waals surface area (Å²) in [5, 5.41) is 22.5. The van der Waals surface area contributed by atoms with Gasteiger partial charge in [-0.2, -0.15) is 5.26 Å². The zero-order valence-corrected chi connectivity index (χ0v) is 15.9. The highest BCUT2D eigenvalue weighted by molar-refractivity contribution is 6.00. The van der Waals surface area contributed by atoms with E-state index in [4.69, 9.17) is 10.1 Å². The molecular weight excluding hydrogens is 380 g/mol. The van der Waals surface area contributed by atoms with Gasteiger partial charge in [0.05, 0.1) is 36.5 Å². The molecule has 2 aromatic rings. The van der Waals surface area contributed by atoms with Crippen molar-refractivity contribution < 1.29 is 23.5 Å². The highest BCUT2D eigenvalue weighted by Crippen LogP contribution is 2.30. The summed E-state index contributed by atoms with van der Waals surface area (Å²) in [6, 6.07) is 7.58. The summed E-state index contributed by atoms with van der Waals surface area (Å²) in [6.07, 6.45) is 0.371. The molecule has 150 valence electrons. The van der Waals surface area contributed by atoms with Gasteiger partial charge in [-0.15, -0.1) is 0 Å². The molecule has 1 heterocycles. The van der Waals surface area contributed by atoms with Gasteiger partial charge in [0.1, 0.15) is 18.7 Å². The molecule has 1 aliphatic rings. The van der Waals surface area contributed by atoms with Gasteiger partial charge in [-0.25, -0.2) is 8.78 Å². The number of oxime groups is 1. The maximum Gasteiger partial charge on any atom is 0.254 e. The number of carbonyl (C=O) groups excluding carboxylic acids is 1. The van der Waals surface area contributed by atoms with E-state index in [0.29, 0.717) is 17.7 Å². The van der Waals surface area contributed by atoms with Crippen molar-refractivity contribution in [2.24, 2.45) is 5.16 Å².